The summed E-state index contributed by atoms with van der Waals surface area (Å²) in [5.41, 5.74) is 2.41. The van der Waals surface area contributed by atoms with Gasteiger partial charge < -0.3 is 24.6 Å². The van der Waals surface area contributed by atoms with Crippen LogP contribution in [0.1, 0.15) is 24.5 Å². The number of rotatable bonds is 14. The summed E-state index contributed by atoms with van der Waals surface area (Å²) >= 11 is 1.61. The Labute approximate surface area is 207 Å². The van der Waals surface area contributed by atoms with Crippen LogP contribution in [0.4, 0.5) is 0 Å². The maximum absolute atomic E-state index is 10.4. The molecule has 3 aromatic rings. The number of hydrogen-bond acceptors (Lipinski definition) is 6. The second kappa shape index (κ2) is 13.9. The predicted octanol–water partition coefficient (Wildman–Crippen LogP) is 5.35. The Bertz CT molecular complexity index is 981. The molecule has 0 bridgehead atoms. The van der Waals surface area contributed by atoms with Gasteiger partial charge in [0, 0.05) is 12.6 Å². The lowest BCUT2D eigenvalue weighted by Gasteiger charge is -2.18. The maximum Gasteiger partial charge on any atom is 0.133 e. The summed E-state index contributed by atoms with van der Waals surface area (Å²) in [6, 6.07) is 24.3. The van der Waals surface area contributed by atoms with E-state index in [2.05, 4.69) is 24.4 Å². The fourth-order valence-electron chi connectivity index (χ4n) is 3.46. The molecule has 0 spiro atoms. The van der Waals surface area contributed by atoms with E-state index in [1.807, 2.05) is 66.9 Å². The normalized spacial score (nSPS) is 12.7. The molecule has 182 valence electrons. The molecule has 0 amide bonds. The third-order valence-electron chi connectivity index (χ3n) is 5.54. The molecule has 0 aliphatic rings. The van der Waals surface area contributed by atoms with Crippen molar-refractivity contribution in [1.29, 1.82) is 0 Å². The molecule has 2 atom stereocenters. The summed E-state index contributed by atoms with van der Waals surface area (Å²) in [5.74, 6) is 2.43. The predicted molar refractivity (Wildman–Crippen MR) is 139 cm³/mol. The highest BCUT2D eigenvalue weighted by molar-refractivity contribution is 7.98. The van der Waals surface area contributed by atoms with Gasteiger partial charge in [0.1, 0.15) is 36.6 Å². The van der Waals surface area contributed by atoms with Crippen molar-refractivity contribution in [3.8, 4) is 17.2 Å². The smallest absolute Gasteiger partial charge is 0.133 e. The van der Waals surface area contributed by atoms with Crippen LogP contribution in [-0.2, 0) is 13.0 Å². The quantitative estimate of drug-likeness (QED) is 0.303. The van der Waals surface area contributed by atoms with Crippen molar-refractivity contribution in [2.75, 3.05) is 26.5 Å². The number of hydrogen-bond donors (Lipinski definition) is 2. The molecule has 5 nitrogen and oxygen atoms in total. The number of methoxy groups -OCH3 is 1. The fourth-order valence-corrected chi connectivity index (χ4v) is 4.02. The zero-order valence-corrected chi connectivity index (χ0v) is 21.0. The summed E-state index contributed by atoms with van der Waals surface area (Å²) in [5, 5.41) is 13.8. The molecule has 0 fully saturated rings. The van der Waals surface area contributed by atoms with Gasteiger partial charge in [-0.25, -0.2) is 0 Å². The number of aliphatic hydroxyl groups excluding tert-OH is 1. The Hall–Kier alpha value is -2.67. The van der Waals surface area contributed by atoms with Crippen LogP contribution in [0.2, 0.25) is 0 Å². The molecule has 2 unspecified atom stereocenters. The second-order valence-corrected chi connectivity index (χ2v) is 9.10. The molecule has 0 aromatic heterocycles. The Morgan fingerprint density at radius 1 is 0.912 bits per heavy atom. The number of thioether (sulfide) groups is 1. The SMILES string of the molecule is COc1ccc(CCC(C)NCC(O)COc2ccc(OCc3ccccc3)c(SC)c2)cc1. The lowest BCUT2D eigenvalue weighted by Crippen LogP contribution is -2.36. The first-order chi connectivity index (χ1) is 16.6. The molecule has 3 rings (SSSR count). The van der Waals surface area contributed by atoms with Gasteiger partial charge in [-0.15, -0.1) is 11.8 Å². The molecule has 0 radical (unpaired) electrons. The first-order valence-electron chi connectivity index (χ1n) is 11.6. The van der Waals surface area contributed by atoms with Gasteiger partial charge in [0.15, 0.2) is 0 Å². The molecule has 34 heavy (non-hydrogen) atoms. The van der Waals surface area contributed by atoms with Gasteiger partial charge in [-0.05, 0) is 67.5 Å². The van der Waals surface area contributed by atoms with Crippen LogP contribution in [0.25, 0.3) is 0 Å². The number of ether oxygens (including phenoxy) is 3. The van der Waals surface area contributed by atoms with Crippen molar-refractivity contribution in [3.63, 3.8) is 0 Å². The van der Waals surface area contributed by atoms with Gasteiger partial charge in [-0.3, -0.25) is 0 Å². The zero-order valence-electron chi connectivity index (χ0n) is 20.2. The lowest BCUT2D eigenvalue weighted by atomic mass is 10.1. The zero-order chi connectivity index (χ0) is 24.2. The van der Waals surface area contributed by atoms with Gasteiger partial charge in [0.05, 0.1) is 12.0 Å². The van der Waals surface area contributed by atoms with Crippen LogP contribution in [0.15, 0.2) is 77.7 Å². The van der Waals surface area contributed by atoms with E-state index >= 15 is 0 Å². The molecule has 2 N–H and O–H groups in total. The summed E-state index contributed by atoms with van der Waals surface area (Å²) in [7, 11) is 1.67. The van der Waals surface area contributed by atoms with Crippen LogP contribution >= 0.6 is 11.8 Å². The van der Waals surface area contributed by atoms with Gasteiger partial charge in [-0.1, -0.05) is 42.5 Å². The van der Waals surface area contributed by atoms with Crippen LogP contribution in [-0.4, -0.2) is 43.8 Å². The van der Waals surface area contributed by atoms with Crippen LogP contribution < -0.4 is 19.5 Å². The maximum atomic E-state index is 10.4. The van der Waals surface area contributed by atoms with E-state index in [9.17, 15) is 5.11 Å². The molecule has 0 heterocycles. The minimum atomic E-state index is -0.588. The fraction of sp³-hybridized carbons (Fsp3) is 0.357. The van der Waals surface area contributed by atoms with E-state index in [1.54, 1.807) is 18.9 Å². The topological polar surface area (TPSA) is 60.0 Å². The molecular weight excluding hydrogens is 446 g/mol. The van der Waals surface area contributed by atoms with Crippen molar-refractivity contribution in [2.24, 2.45) is 0 Å². The van der Waals surface area contributed by atoms with E-state index in [0.717, 1.165) is 40.5 Å². The van der Waals surface area contributed by atoms with Crippen LogP contribution in [0.3, 0.4) is 0 Å². The summed E-state index contributed by atoms with van der Waals surface area (Å²) in [6.45, 7) is 3.37. The van der Waals surface area contributed by atoms with Crippen LogP contribution in [0, 0.1) is 0 Å². The van der Waals surface area contributed by atoms with Crippen molar-refractivity contribution >= 4 is 11.8 Å². The third kappa shape index (κ3) is 8.60. The molecule has 6 heteroatoms. The first kappa shape index (κ1) is 25.9. The highest BCUT2D eigenvalue weighted by Gasteiger charge is 2.11. The number of benzene rings is 3. The van der Waals surface area contributed by atoms with Crippen molar-refractivity contribution in [3.05, 3.63) is 83.9 Å². The van der Waals surface area contributed by atoms with E-state index in [1.165, 1.54) is 5.56 Å². The molecule has 0 saturated heterocycles. The summed E-state index contributed by atoms with van der Waals surface area (Å²) in [6.07, 6.45) is 3.39. The molecular formula is C28H35NO4S. The van der Waals surface area contributed by atoms with E-state index < -0.39 is 6.10 Å². The van der Waals surface area contributed by atoms with Gasteiger partial charge in [0.25, 0.3) is 0 Å². The summed E-state index contributed by atoms with van der Waals surface area (Å²) in [4.78, 5) is 1.01. The Balaban J connectivity index is 1.38. The van der Waals surface area contributed by atoms with Crippen LogP contribution in [0.5, 0.6) is 17.2 Å². The Kier molecular flexibility index (Phi) is 10.6. The van der Waals surface area contributed by atoms with Gasteiger partial charge in [-0.2, -0.15) is 0 Å². The van der Waals surface area contributed by atoms with E-state index in [0.29, 0.717) is 19.2 Å². The van der Waals surface area contributed by atoms with Crippen molar-refractivity contribution in [2.45, 2.75) is 43.4 Å². The standard InChI is InChI=1S/C28H35NO4S/c1-21(9-10-22-11-13-25(31-2)14-12-22)29-18-24(30)20-32-26-15-16-27(28(17-26)34-3)33-19-23-7-5-4-6-8-23/h4-8,11-17,21,24,29-30H,9-10,18-20H2,1-3H3. The van der Waals surface area contributed by atoms with Crippen molar-refractivity contribution < 1.29 is 19.3 Å². The van der Waals surface area contributed by atoms with E-state index in [-0.39, 0.29) is 6.61 Å². The number of aliphatic hydroxyl groups is 1. The minimum Gasteiger partial charge on any atom is -0.497 e. The monoisotopic (exact) mass is 481 g/mol. The molecule has 0 aliphatic heterocycles. The highest BCUT2D eigenvalue weighted by Crippen LogP contribution is 2.32. The Morgan fingerprint density at radius 3 is 2.35 bits per heavy atom. The molecule has 3 aromatic carbocycles. The average molecular weight is 482 g/mol. The number of aryl methyl sites for hydroxylation is 1. The highest BCUT2D eigenvalue weighted by atomic mass is 32.2. The lowest BCUT2D eigenvalue weighted by molar-refractivity contribution is 0.103. The largest absolute Gasteiger partial charge is 0.497 e. The molecule has 0 aliphatic carbocycles. The Morgan fingerprint density at radius 2 is 1.65 bits per heavy atom. The minimum absolute atomic E-state index is 0.232. The average Bonchev–Trinajstić information content (AvgIpc) is 2.89. The second-order valence-electron chi connectivity index (χ2n) is 8.25. The van der Waals surface area contributed by atoms with Gasteiger partial charge >= 0.3 is 0 Å². The van der Waals surface area contributed by atoms with Crippen molar-refractivity contribution in [1.82, 2.24) is 5.32 Å². The molecule has 0 saturated carbocycles. The number of nitrogens with one attached hydrogen (secondary N) is 1. The van der Waals surface area contributed by atoms with Gasteiger partial charge in [0.2, 0.25) is 0 Å². The third-order valence-corrected chi connectivity index (χ3v) is 6.30. The summed E-state index contributed by atoms with van der Waals surface area (Å²) < 4.78 is 17.0. The first-order valence-corrected chi connectivity index (χ1v) is 12.8. The van der Waals surface area contributed by atoms with E-state index in [4.69, 9.17) is 14.2 Å².